The molecule has 0 radical (unpaired) electrons. The summed E-state index contributed by atoms with van der Waals surface area (Å²) in [5.41, 5.74) is 1.27. The largest absolute Gasteiger partial charge is 0.390 e. The Bertz CT molecular complexity index is 841. The number of carbonyl (C=O) groups excluding carboxylic acids is 1. The van der Waals surface area contributed by atoms with Crippen molar-refractivity contribution < 1.29 is 23.1 Å². The number of benzene rings is 2. The van der Waals surface area contributed by atoms with E-state index < -0.39 is 6.10 Å². The number of methoxy groups -OCH3 is 1. The van der Waals surface area contributed by atoms with Crippen molar-refractivity contribution in [2.45, 2.75) is 19.1 Å². The van der Waals surface area contributed by atoms with E-state index in [2.05, 4.69) is 5.16 Å². The predicted molar refractivity (Wildman–Crippen MR) is 96.1 cm³/mol. The summed E-state index contributed by atoms with van der Waals surface area (Å²) >= 11 is 0. The number of hydrogen-bond acceptors (Lipinski definition) is 4. The smallest absolute Gasteiger partial charge is 0.248 e. The van der Waals surface area contributed by atoms with Crippen LogP contribution in [0.2, 0.25) is 0 Å². The SMILES string of the molecule is COCC(=O)N(Cc1ccccc1F)CC1CC(c2ccccc2F)=NO1. The Kier molecular flexibility index (Phi) is 6.13. The molecular formula is C20H20F2N2O3. The molecule has 0 saturated heterocycles. The van der Waals surface area contributed by atoms with E-state index in [9.17, 15) is 13.6 Å². The molecule has 142 valence electrons. The predicted octanol–water partition coefficient (Wildman–Crippen LogP) is 3.13. The van der Waals surface area contributed by atoms with Crippen LogP contribution in [0.25, 0.3) is 0 Å². The molecule has 3 rings (SSSR count). The van der Waals surface area contributed by atoms with Gasteiger partial charge in [0.25, 0.3) is 0 Å². The molecule has 0 spiro atoms. The highest BCUT2D eigenvalue weighted by Gasteiger charge is 2.28. The van der Waals surface area contributed by atoms with E-state index in [0.717, 1.165) is 0 Å². The monoisotopic (exact) mass is 374 g/mol. The molecule has 2 aromatic carbocycles. The van der Waals surface area contributed by atoms with Gasteiger partial charge in [-0.2, -0.15) is 0 Å². The fourth-order valence-electron chi connectivity index (χ4n) is 2.93. The van der Waals surface area contributed by atoms with Crippen molar-refractivity contribution in [2.24, 2.45) is 5.16 Å². The molecule has 0 aromatic heterocycles. The van der Waals surface area contributed by atoms with E-state index in [-0.39, 0.29) is 37.2 Å². The lowest BCUT2D eigenvalue weighted by molar-refractivity contribution is -0.137. The van der Waals surface area contributed by atoms with E-state index in [4.69, 9.17) is 9.57 Å². The Morgan fingerprint density at radius 1 is 1.19 bits per heavy atom. The fourth-order valence-corrected chi connectivity index (χ4v) is 2.93. The molecule has 7 heteroatoms. The van der Waals surface area contributed by atoms with Crippen LogP contribution in [0.5, 0.6) is 0 Å². The summed E-state index contributed by atoms with van der Waals surface area (Å²) in [4.78, 5) is 19.2. The van der Waals surface area contributed by atoms with Gasteiger partial charge < -0.3 is 14.5 Å². The number of hydrogen-bond donors (Lipinski definition) is 0. The average Bonchev–Trinajstić information content (AvgIpc) is 3.12. The quantitative estimate of drug-likeness (QED) is 0.748. The van der Waals surface area contributed by atoms with Crippen molar-refractivity contribution in [3.63, 3.8) is 0 Å². The zero-order valence-corrected chi connectivity index (χ0v) is 14.9. The van der Waals surface area contributed by atoms with E-state index >= 15 is 0 Å². The number of oxime groups is 1. The Labute approximate surface area is 156 Å². The first-order valence-corrected chi connectivity index (χ1v) is 8.56. The molecule has 0 aliphatic carbocycles. The molecule has 27 heavy (non-hydrogen) atoms. The minimum atomic E-state index is -0.438. The van der Waals surface area contributed by atoms with Gasteiger partial charge >= 0.3 is 0 Å². The third kappa shape index (κ3) is 4.68. The number of rotatable bonds is 7. The third-order valence-corrected chi connectivity index (χ3v) is 4.28. The second-order valence-corrected chi connectivity index (χ2v) is 6.25. The van der Waals surface area contributed by atoms with Gasteiger partial charge in [-0.1, -0.05) is 41.6 Å². The Hall–Kier alpha value is -2.80. The minimum absolute atomic E-state index is 0.0871. The molecule has 5 nitrogen and oxygen atoms in total. The van der Waals surface area contributed by atoms with Crippen LogP contribution in [0.1, 0.15) is 17.5 Å². The van der Waals surface area contributed by atoms with Gasteiger partial charge in [0.15, 0.2) is 6.10 Å². The van der Waals surface area contributed by atoms with Gasteiger partial charge in [-0.3, -0.25) is 4.79 Å². The summed E-state index contributed by atoms with van der Waals surface area (Å²) in [6.07, 6.45) is -0.0817. The molecule has 0 bridgehead atoms. The fraction of sp³-hybridized carbons (Fsp3) is 0.300. The maximum atomic E-state index is 14.0. The van der Waals surface area contributed by atoms with Crippen LogP contribution < -0.4 is 0 Å². The molecule has 0 fully saturated rings. The van der Waals surface area contributed by atoms with Crippen molar-refractivity contribution in [3.05, 3.63) is 71.3 Å². The van der Waals surface area contributed by atoms with Crippen molar-refractivity contribution in [3.8, 4) is 0 Å². The van der Waals surface area contributed by atoms with Gasteiger partial charge in [-0.25, -0.2) is 8.78 Å². The molecule has 1 unspecified atom stereocenters. The van der Waals surface area contributed by atoms with E-state index in [1.54, 1.807) is 36.4 Å². The normalized spacial score (nSPS) is 16.0. The number of nitrogens with zero attached hydrogens (tertiary/aromatic N) is 2. The summed E-state index contributed by atoms with van der Waals surface area (Å²) in [5, 5.41) is 3.96. The lowest BCUT2D eigenvalue weighted by Gasteiger charge is -2.25. The highest BCUT2D eigenvalue weighted by Crippen LogP contribution is 2.21. The van der Waals surface area contributed by atoms with Gasteiger partial charge in [0, 0.05) is 31.2 Å². The van der Waals surface area contributed by atoms with Crippen LogP contribution in [0.4, 0.5) is 8.78 Å². The first kappa shape index (κ1) is 19.0. The topological polar surface area (TPSA) is 51.1 Å². The highest BCUT2D eigenvalue weighted by molar-refractivity contribution is 6.01. The van der Waals surface area contributed by atoms with Crippen LogP contribution in [0.3, 0.4) is 0 Å². The second kappa shape index (κ2) is 8.73. The van der Waals surface area contributed by atoms with Gasteiger partial charge in [-0.15, -0.1) is 0 Å². The highest BCUT2D eigenvalue weighted by atomic mass is 19.1. The number of amides is 1. The summed E-state index contributed by atoms with van der Waals surface area (Å²) in [5.74, 6) is -1.05. The van der Waals surface area contributed by atoms with Gasteiger partial charge in [0.1, 0.15) is 18.2 Å². The maximum absolute atomic E-state index is 14.0. The first-order valence-electron chi connectivity index (χ1n) is 8.56. The summed E-state index contributed by atoms with van der Waals surface area (Å²) in [6.45, 7) is 0.157. The molecule has 1 aliphatic rings. The Morgan fingerprint density at radius 2 is 1.89 bits per heavy atom. The van der Waals surface area contributed by atoms with Gasteiger partial charge in [0.05, 0.1) is 12.3 Å². The van der Waals surface area contributed by atoms with Crippen LogP contribution in [0.15, 0.2) is 53.7 Å². The van der Waals surface area contributed by atoms with E-state index in [0.29, 0.717) is 23.3 Å². The number of ether oxygens (including phenoxy) is 1. The lowest BCUT2D eigenvalue weighted by Crippen LogP contribution is -2.39. The molecular weight excluding hydrogens is 354 g/mol. The standard InChI is InChI=1S/C20H20F2N2O3/c1-26-13-20(25)24(11-14-6-2-4-8-17(14)21)12-15-10-19(23-27-15)16-7-3-5-9-18(16)22/h2-9,15H,10-13H2,1H3. The molecule has 1 heterocycles. The van der Waals surface area contributed by atoms with Crippen molar-refractivity contribution in [2.75, 3.05) is 20.3 Å². The van der Waals surface area contributed by atoms with Crippen molar-refractivity contribution >= 4 is 11.6 Å². The zero-order valence-electron chi connectivity index (χ0n) is 14.9. The molecule has 0 N–H and O–H groups in total. The Morgan fingerprint density at radius 3 is 2.59 bits per heavy atom. The van der Waals surface area contributed by atoms with Crippen molar-refractivity contribution in [1.29, 1.82) is 0 Å². The maximum Gasteiger partial charge on any atom is 0.248 e. The second-order valence-electron chi connectivity index (χ2n) is 6.25. The average molecular weight is 374 g/mol. The number of carbonyl (C=O) groups is 1. The van der Waals surface area contributed by atoms with Crippen molar-refractivity contribution in [1.82, 2.24) is 4.90 Å². The molecule has 1 atom stereocenters. The van der Waals surface area contributed by atoms with Gasteiger partial charge in [0.2, 0.25) is 5.91 Å². The summed E-state index contributed by atoms with van der Waals surface area (Å²) in [7, 11) is 1.42. The zero-order chi connectivity index (χ0) is 19.2. The Balaban J connectivity index is 1.69. The first-order chi connectivity index (χ1) is 13.1. The molecule has 0 saturated carbocycles. The minimum Gasteiger partial charge on any atom is -0.390 e. The lowest BCUT2D eigenvalue weighted by atomic mass is 10.0. The van der Waals surface area contributed by atoms with Gasteiger partial charge in [-0.05, 0) is 12.1 Å². The summed E-state index contributed by atoms with van der Waals surface area (Å²) < 4.78 is 32.8. The van der Waals surface area contributed by atoms with Crippen LogP contribution in [-0.2, 0) is 20.9 Å². The summed E-state index contributed by atoms with van der Waals surface area (Å²) in [6, 6.07) is 12.6. The third-order valence-electron chi connectivity index (χ3n) is 4.28. The molecule has 1 amide bonds. The molecule has 1 aliphatic heterocycles. The van der Waals surface area contributed by atoms with Crippen LogP contribution in [-0.4, -0.2) is 42.9 Å². The van der Waals surface area contributed by atoms with E-state index in [1.165, 1.54) is 24.1 Å². The van der Waals surface area contributed by atoms with Crippen LogP contribution >= 0.6 is 0 Å². The van der Waals surface area contributed by atoms with E-state index in [1.807, 2.05) is 0 Å². The molecule has 2 aromatic rings. The number of halogens is 2. The van der Waals surface area contributed by atoms with Crippen LogP contribution in [0, 0.1) is 11.6 Å².